The van der Waals surface area contributed by atoms with Crippen LogP contribution in [0.5, 0.6) is 0 Å². The second-order valence-corrected chi connectivity index (χ2v) is 8.57. The summed E-state index contributed by atoms with van der Waals surface area (Å²) in [5, 5.41) is 5.70. The van der Waals surface area contributed by atoms with E-state index in [9.17, 15) is 8.42 Å². The molecule has 130 valence electrons. The predicted octanol–water partition coefficient (Wildman–Crippen LogP) is 4.25. The maximum atomic E-state index is 12.1. The molecule has 0 radical (unpaired) electrons. The molecule has 0 bridgehead atoms. The van der Waals surface area contributed by atoms with E-state index in [-0.39, 0.29) is 10.0 Å². The van der Waals surface area contributed by atoms with Crippen molar-refractivity contribution < 1.29 is 8.42 Å². The standard InChI is InChI=1S/C17H16ClN3O2S2/c18-14-5-3-13(4-6-14)9-10-19-15-7-8-16(20-12-15)21-25(22,23)17-2-1-11-24-17/h1-8,11-12,19H,9-10H2,(H,20,21). The Kier molecular flexibility index (Phi) is 5.57. The summed E-state index contributed by atoms with van der Waals surface area (Å²) < 4.78 is 27.0. The van der Waals surface area contributed by atoms with E-state index in [1.807, 2.05) is 24.3 Å². The highest BCUT2D eigenvalue weighted by atomic mass is 35.5. The molecule has 5 nitrogen and oxygen atoms in total. The van der Waals surface area contributed by atoms with Gasteiger partial charge in [0.1, 0.15) is 10.0 Å². The molecule has 3 aromatic rings. The number of aromatic nitrogens is 1. The van der Waals surface area contributed by atoms with Gasteiger partial charge >= 0.3 is 0 Å². The number of nitrogens with one attached hydrogen (secondary N) is 2. The van der Waals surface area contributed by atoms with Crippen molar-refractivity contribution in [1.29, 1.82) is 0 Å². The molecule has 0 unspecified atom stereocenters. The summed E-state index contributed by atoms with van der Waals surface area (Å²) in [6.07, 6.45) is 2.46. The van der Waals surface area contributed by atoms with Crippen LogP contribution >= 0.6 is 22.9 Å². The number of benzene rings is 1. The molecule has 0 aliphatic carbocycles. The molecule has 8 heteroatoms. The molecule has 1 aromatic carbocycles. The van der Waals surface area contributed by atoms with Gasteiger partial charge in [-0.3, -0.25) is 4.72 Å². The Hall–Kier alpha value is -2.09. The van der Waals surface area contributed by atoms with Crippen LogP contribution in [-0.4, -0.2) is 19.9 Å². The Morgan fingerprint density at radius 3 is 2.52 bits per heavy atom. The van der Waals surface area contributed by atoms with E-state index in [1.165, 1.54) is 5.56 Å². The zero-order valence-electron chi connectivity index (χ0n) is 13.1. The van der Waals surface area contributed by atoms with Crippen LogP contribution in [0.25, 0.3) is 0 Å². The van der Waals surface area contributed by atoms with Gasteiger partial charge < -0.3 is 5.32 Å². The predicted molar refractivity (Wildman–Crippen MR) is 103 cm³/mol. The third-order valence-corrected chi connectivity index (χ3v) is 6.42. The minimum atomic E-state index is -3.56. The second-order valence-electron chi connectivity index (χ2n) is 5.27. The summed E-state index contributed by atoms with van der Waals surface area (Å²) >= 11 is 7.03. The van der Waals surface area contributed by atoms with Crippen molar-refractivity contribution in [3.63, 3.8) is 0 Å². The largest absolute Gasteiger partial charge is 0.383 e. The molecule has 0 saturated heterocycles. The lowest BCUT2D eigenvalue weighted by Crippen LogP contribution is -2.12. The molecule has 2 aromatic heterocycles. The van der Waals surface area contributed by atoms with Gasteiger partial charge in [0.2, 0.25) is 0 Å². The minimum absolute atomic E-state index is 0.263. The average molecular weight is 394 g/mol. The topological polar surface area (TPSA) is 71.1 Å². The zero-order chi connectivity index (χ0) is 17.7. The first-order chi connectivity index (χ1) is 12.0. The summed E-state index contributed by atoms with van der Waals surface area (Å²) in [5.41, 5.74) is 2.01. The molecule has 0 aliphatic heterocycles. The van der Waals surface area contributed by atoms with Gasteiger partial charge in [0.15, 0.2) is 0 Å². The minimum Gasteiger partial charge on any atom is -0.383 e. The molecular weight excluding hydrogens is 378 g/mol. The van der Waals surface area contributed by atoms with E-state index >= 15 is 0 Å². The van der Waals surface area contributed by atoms with Crippen molar-refractivity contribution in [3.05, 3.63) is 70.7 Å². The van der Waals surface area contributed by atoms with E-state index in [1.54, 1.807) is 35.8 Å². The number of hydrogen-bond acceptors (Lipinski definition) is 5. The van der Waals surface area contributed by atoms with Crippen molar-refractivity contribution >= 4 is 44.5 Å². The van der Waals surface area contributed by atoms with Gasteiger partial charge in [0.25, 0.3) is 10.0 Å². The molecular formula is C17H16ClN3O2S2. The van der Waals surface area contributed by atoms with Gasteiger partial charge in [-0.05, 0) is 47.7 Å². The van der Waals surface area contributed by atoms with Crippen molar-refractivity contribution in [1.82, 2.24) is 4.98 Å². The molecule has 2 N–H and O–H groups in total. The first-order valence-electron chi connectivity index (χ1n) is 7.54. The highest BCUT2D eigenvalue weighted by molar-refractivity contribution is 7.94. The summed E-state index contributed by atoms with van der Waals surface area (Å²) in [5.74, 6) is 0.289. The average Bonchev–Trinajstić information content (AvgIpc) is 3.14. The van der Waals surface area contributed by atoms with Crippen LogP contribution in [0.2, 0.25) is 5.02 Å². The smallest absolute Gasteiger partial charge is 0.272 e. The van der Waals surface area contributed by atoms with Crippen LogP contribution < -0.4 is 10.0 Å². The Morgan fingerprint density at radius 2 is 1.88 bits per heavy atom. The fourth-order valence-corrected chi connectivity index (χ4v) is 4.29. The summed E-state index contributed by atoms with van der Waals surface area (Å²) in [6, 6.07) is 14.4. The first-order valence-corrected chi connectivity index (χ1v) is 10.3. The molecule has 0 fully saturated rings. The summed E-state index contributed by atoms with van der Waals surface area (Å²) in [7, 11) is -3.56. The molecule has 3 rings (SSSR count). The van der Waals surface area contributed by atoms with Crippen molar-refractivity contribution in [2.24, 2.45) is 0 Å². The van der Waals surface area contributed by atoms with Gasteiger partial charge in [-0.25, -0.2) is 13.4 Å². The van der Waals surface area contributed by atoms with Crippen LogP contribution in [-0.2, 0) is 16.4 Å². The van der Waals surface area contributed by atoms with Crippen LogP contribution in [0.1, 0.15) is 5.56 Å². The Labute approximate surface area is 155 Å². The number of thiophene rings is 1. The number of halogens is 1. The van der Waals surface area contributed by atoms with Crippen LogP contribution in [0.3, 0.4) is 0 Å². The van der Waals surface area contributed by atoms with Crippen molar-refractivity contribution in [3.8, 4) is 0 Å². The Bertz CT molecular complexity index is 910. The summed E-state index contributed by atoms with van der Waals surface area (Å²) in [6.45, 7) is 0.740. The third-order valence-electron chi connectivity index (χ3n) is 3.42. The zero-order valence-corrected chi connectivity index (χ0v) is 15.5. The number of hydrogen-bond donors (Lipinski definition) is 2. The lowest BCUT2D eigenvalue weighted by atomic mass is 10.1. The van der Waals surface area contributed by atoms with Crippen molar-refractivity contribution in [2.45, 2.75) is 10.6 Å². The highest BCUT2D eigenvalue weighted by Crippen LogP contribution is 2.19. The molecule has 0 spiro atoms. The quantitative estimate of drug-likeness (QED) is 0.629. The Balaban J connectivity index is 1.54. The van der Waals surface area contributed by atoms with Crippen molar-refractivity contribution in [2.75, 3.05) is 16.6 Å². The Morgan fingerprint density at radius 1 is 1.08 bits per heavy atom. The SMILES string of the molecule is O=S(=O)(Nc1ccc(NCCc2ccc(Cl)cc2)cn1)c1cccs1. The molecule has 0 amide bonds. The first kappa shape index (κ1) is 17.7. The second kappa shape index (κ2) is 7.86. The number of sulfonamides is 1. The van der Waals surface area contributed by atoms with Crippen LogP contribution in [0.15, 0.2) is 64.3 Å². The maximum absolute atomic E-state index is 12.1. The molecule has 2 heterocycles. The third kappa shape index (κ3) is 4.94. The monoisotopic (exact) mass is 393 g/mol. The fourth-order valence-electron chi connectivity index (χ4n) is 2.17. The van der Waals surface area contributed by atoms with Gasteiger partial charge in [-0.1, -0.05) is 29.8 Å². The molecule has 25 heavy (non-hydrogen) atoms. The lowest BCUT2D eigenvalue weighted by molar-refractivity contribution is 0.603. The molecule has 0 aliphatic rings. The number of anilines is 2. The van der Waals surface area contributed by atoms with Gasteiger partial charge in [-0.15, -0.1) is 11.3 Å². The molecule has 0 atom stereocenters. The normalized spacial score (nSPS) is 11.2. The van der Waals surface area contributed by atoms with E-state index in [4.69, 9.17) is 11.6 Å². The number of rotatable bonds is 7. The molecule has 0 saturated carbocycles. The van der Waals surface area contributed by atoms with Crippen LogP contribution in [0, 0.1) is 0 Å². The van der Waals surface area contributed by atoms with Gasteiger partial charge in [0.05, 0.1) is 11.9 Å². The van der Waals surface area contributed by atoms with E-state index in [0.29, 0.717) is 0 Å². The number of nitrogens with zero attached hydrogens (tertiary/aromatic N) is 1. The highest BCUT2D eigenvalue weighted by Gasteiger charge is 2.15. The lowest BCUT2D eigenvalue weighted by Gasteiger charge is -2.08. The maximum Gasteiger partial charge on any atom is 0.272 e. The number of pyridine rings is 1. The fraction of sp³-hybridized carbons (Fsp3) is 0.118. The van der Waals surface area contributed by atoms with Gasteiger partial charge in [-0.2, -0.15) is 0 Å². The van der Waals surface area contributed by atoms with Crippen LogP contribution in [0.4, 0.5) is 11.5 Å². The van der Waals surface area contributed by atoms with Gasteiger partial charge in [0, 0.05) is 11.6 Å². The van der Waals surface area contributed by atoms with E-state index in [0.717, 1.165) is 35.0 Å². The van der Waals surface area contributed by atoms with E-state index in [2.05, 4.69) is 15.0 Å². The van der Waals surface area contributed by atoms with E-state index < -0.39 is 10.0 Å². The summed E-state index contributed by atoms with van der Waals surface area (Å²) in [4.78, 5) is 4.15.